The van der Waals surface area contributed by atoms with Crippen LogP contribution in [0.5, 0.6) is 0 Å². The Morgan fingerprint density at radius 3 is 3.00 bits per heavy atom. The Bertz CT molecular complexity index is 588. The molecule has 0 atom stereocenters. The minimum atomic E-state index is 0.120. The molecule has 4 heteroatoms. The number of imidazole rings is 1. The maximum atomic E-state index is 12.3. The van der Waals surface area contributed by atoms with Crippen molar-refractivity contribution in [3.63, 3.8) is 0 Å². The number of nitrogens with zero attached hydrogens (tertiary/aromatic N) is 3. The topological polar surface area (TPSA) is 38.1 Å². The van der Waals surface area contributed by atoms with E-state index >= 15 is 0 Å². The number of hydrogen-bond donors (Lipinski definition) is 0. The number of aryl methyl sites for hydroxylation is 1. The predicted molar refractivity (Wildman–Crippen MR) is 69.4 cm³/mol. The number of amides is 1. The summed E-state index contributed by atoms with van der Waals surface area (Å²) >= 11 is 0. The lowest BCUT2D eigenvalue weighted by Gasteiger charge is -2.17. The summed E-state index contributed by atoms with van der Waals surface area (Å²) < 4.78 is 1.89. The molecule has 1 aromatic heterocycles. The second-order valence-electron chi connectivity index (χ2n) is 4.56. The van der Waals surface area contributed by atoms with Crippen molar-refractivity contribution in [1.29, 1.82) is 0 Å². The minimum Gasteiger partial charge on any atom is -0.338 e. The zero-order valence-electron chi connectivity index (χ0n) is 10.3. The van der Waals surface area contributed by atoms with Crippen LogP contribution in [0.2, 0.25) is 0 Å². The molecule has 1 aromatic carbocycles. The molecule has 4 nitrogen and oxygen atoms in total. The average molecular weight is 241 g/mol. The van der Waals surface area contributed by atoms with Crippen molar-refractivity contribution >= 4 is 11.6 Å². The highest BCUT2D eigenvalue weighted by Crippen LogP contribution is 2.27. The number of carbonyl (C=O) groups excluding carboxylic acids is 1. The molecule has 92 valence electrons. The van der Waals surface area contributed by atoms with Crippen molar-refractivity contribution in [2.45, 2.75) is 12.8 Å². The van der Waals surface area contributed by atoms with Gasteiger partial charge in [0.25, 0.3) is 0 Å². The fourth-order valence-corrected chi connectivity index (χ4v) is 2.39. The Balaban J connectivity index is 1.81. The normalized spacial score (nSPS) is 13.7. The molecule has 1 amide bonds. The summed E-state index contributed by atoms with van der Waals surface area (Å²) in [7, 11) is 1.91. The van der Waals surface area contributed by atoms with Gasteiger partial charge in [-0.05, 0) is 18.1 Å². The van der Waals surface area contributed by atoms with Crippen molar-refractivity contribution in [2.75, 3.05) is 11.4 Å². The predicted octanol–water partition coefficient (Wildman–Crippen LogP) is 1.55. The van der Waals surface area contributed by atoms with Crippen LogP contribution in [0, 0.1) is 0 Å². The third-order valence-corrected chi connectivity index (χ3v) is 3.42. The highest BCUT2D eigenvalue weighted by Gasteiger charge is 2.24. The van der Waals surface area contributed by atoms with E-state index in [1.807, 2.05) is 40.9 Å². The highest BCUT2D eigenvalue weighted by molar-refractivity contribution is 5.96. The van der Waals surface area contributed by atoms with E-state index < -0.39 is 0 Å². The van der Waals surface area contributed by atoms with Crippen LogP contribution in [0.1, 0.15) is 11.4 Å². The zero-order valence-corrected chi connectivity index (χ0v) is 10.3. The lowest BCUT2D eigenvalue weighted by molar-refractivity contribution is -0.118. The highest BCUT2D eigenvalue weighted by atomic mass is 16.2. The van der Waals surface area contributed by atoms with Gasteiger partial charge in [-0.3, -0.25) is 4.79 Å². The largest absolute Gasteiger partial charge is 0.338 e. The third-order valence-electron chi connectivity index (χ3n) is 3.42. The molecule has 1 aliphatic heterocycles. The molecule has 0 aliphatic carbocycles. The van der Waals surface area contributed by atoms with Crippen LogP contribution in [0.25, 0.3) is 0 Å². The Morgan fingerprint density at radius 2 is 2.22 bits per heavy atom. The summed E-state index contributed by atoms with van der Waals surface area (Å²) in [5, 5.41) is 0. The Hall–Kier alpha value is -2.10. The number of hydrogen-bond acceptors (Lipinski definition) is 2. The van der Waals surface area contributed by atoms with Gasteiger partial charge in [0.05, 0.1) is 6.42 Å². The van der Waals surface area contributed by atoms with Gasteiger partial charge < -0.3 is 9.47 Å². The fraction of sp³-hybridized carbons (Fsp3) is 0.286. The van der Waals surface area contributed by atoms with Crippen LogP contribution >= 0.6 is 0 Å². The monoisotopic (exact) mass is 241 g/mol. The summed E-state index contributed by atoms with van der Waals surface area (Å²) in [6.07, 6.45) is 4.89. The minimum absolute atomic E-state index is 0.120. The van der Waals surface area contributed by atoms with Crippen molar-refractivity contribution in [3.8, 4) is 0 Å². The number of fused-ring (bicyclic) bond motifs is 1. The smallest absolute Gasteiger partial charge is 0.234 e. The lowest BCUT2D eigenvalue weighted by atomic mass is 10.2. The molecule has 2 heterocycles. The van der Waals surface area contributed by atoms with Crippen LogP contribution in [-0.4, -0.2) is 22.0 Å². The summed E-state index contributed by atoms with van der Waals surface area (Å²) in [6.45, 7) is 0.780. The number of benzene rings is 1. The van der Waals surface area contributed by atoms with E-state index in [1.165, 1.54) is 5.56 Å². The standard InChI is InChI=1S/C14H15N3O/c1-16-9-7-15-13(16)10-14(18)17-8-6-11-4-2-3-5-12(11)17/h2-5,7,9H,6,8,10H2,1H3. The maximum Gasteiger partial charge on any atom is 0.234 e. The first-order chi connectivity index (χ1) is 8.75. The van der Waals surface area contributed by atoms with E-state index in [1.54, 1.807) is 6.20 Å². The molecule has 2 aromatic rings. The van der Waals surface area contributed by atoms with Crippen LogP contribution in [0.15, 0.2) is 36.7 Å². The molecule has 0 saturated heterocycles. The molecule has 0 spiro atoms. The fourth-order valence-electron chi connectivity index (χ4n) is 2.39. The van der Waals surface area contributed by atoms with Gasteiger partial charge in [0.2, 0.25) is 5.91 Å². The molecule has 1 aliphatic rings. The molecule has 0 unspecified atom stereocenters. The van der Waals surface area contributed by atoms with Crippen LogP contribution in [0.3, 0.4) is 0 Å². The Labute approximate surface area is 106 Å². The first kappa shape index (κ1) is 11.0. The van der Waals surface area contributed by atoms with Gasteiger partial charge in [0.15, 0.2) is 0 Å². The van der Waals surface area contributed by atoms with E-state index in [9.17, 15) is 4.79 Å². The van der Waals surface area contributed by atoms with Gasteiger partial charge in [-0.1, -0.05) is 18.2 Å². The van der Waals surface area contributed by atoms with Crippen LogP contribution in [0.4, 0.5) is 5.69 Å². The van der Waals surface area contributed by atoms with Crippen molar-refractivity contribution < 1.29 is 4.79 Å². The molecule has 18 heavy (non-hydrogen) atoms. The number of carbonyl (C=O) groups is 1. The number of rotatable bonds is 2. The maximum absolute atomic E-state index is 12.3. The van der Waals surface area contributed by atoms with Gasteiger partial charge in [0, 0.05) is 31.7 Å². The second kappa shape index (κ2) is 4.29. The molecule has 0 saturated carbocycles. The number of para-hydroxylation sites is 1. The molecule has 3 rings (SSSR count). The van der Waals surface area contributed by atoms with E-state index in [4.69, 9.17) is 0 Å². The second-order valence-corrected chi connectivity index (χ2v) is 4.56. The van der Waals surface area contributed by atoms with Gasteiger partial charge in [-0.25, -0.2) is 4.98 Å². The zero-order chi connectivity index (χ0) is 12.5. The van der Waals surface area contributed by atoms with Gasteiger partial charge in [0.1, 0.15) is 5.82 Å². The first-order valence-corrected chi connectivity index (χ1v) is 6.10. The van der Waals surface area contributed by atoms with E-state index in [0.29, 0.717) is 6.42 Å². The van der Waals surface area contributed by atoms with Gasteiger partial charge in [-0.15, -0.1) is 0 Å². The van der Waals surface area contributed by atoms with E-state index in [-0.39, 0.29) is 5.91 Å². The number of aromatic nitrogens is 2. The summed E-state index contributed by atoms with van der Waals surface area (Å²) in [6, 6.07) is 8.10. The van der Waals surface area contributed by atoms with E-state index in [0.717, 1.165) is 24.5 Å². The summed E-state index contributed by atoms with van der Waals surface area (Å²) in [5.74, 6) is 0.929. The third kappa shape index (κ3) is 1.79. The Kier molecular flexibility index (Phi) is 2.63. The van der Waals surface area contributed by atoms with Gasteiger partial charge >= 0.3 is 0 Å². The molecular formula is C14H15N3O. The van der Waals surface area contributed by atoms with E-state index in [2.05, 4.69) is 11.1 Å². The van der Waals surface area contributed by atoms with Gasteiger partial charge in [-0.2, -0.15) is 0 Å². The average Bonchev–Trinajstić information content (AvgIpc) is 2.96. The van der Waals surface area contributed by atoms with Crippen LogP contribution < -0.4 is 4.90 Å². The van der Waals surface area contributed by atoms with Crippen LogP contribution in [-0.2, 0) is 24.7 Å². The first-order valence-electron chi connectivity index (χ1n) is 6.10. The van der Waals surface area contributed by atoms with Crippen molar-refractivity contribution in [2.24, 2.45) is 7.05 Å². The van der Waals surface area contributed by atoms with Crippen molar-refractivity contribution in [1.82, 2.24) is 9.55 Å². The summed E-state index contributed by atoms with van der Waals surface area (Å²) in [4.78, 5) is 18.4. The SMILES string of the molecule is Cn1ccnc1CC(=O)N1CCc2ccccc21. The quantitative estimate of drug-likeness (QED) is 0.800. The summed E-state index contributed by atoms with van der Waals surface area (Å²) in [5.41, 5.74) is 2.31. The molecule has 0 radical (unpaired) electrons. The molecule has 0 fully saturated rings. The van der Waals surface area contributed by atoms with Crippen molar-refractivity contribution in [3.05, 3.63) is 48.0 Å². The number of anilines is 1. The lowest BCUT2D eigenvalue weighted by Crippen LogP contribution is -2.31. The molecular weight excluding hydrogens is 226 g/mol. The molecule has 0 N–H and O–H groups in total. The molecule has 0 bridgehead atoms. The Morgan fingerprint density at radius 1 is 1.39 bits per heavy atom.